The summed E-state index contributed by atoms with van der Waals surface area (Å²) in [6.45, 7) is 1.83. The number of aromatic nitrogens is 2. The SMILES string of the molecule is Cn1cncc1C1CCC(C)(C=O)O1. The first-order valence-electron chi connectivity index (χ1n) is 4.75. The molecule has 0 amide bonds. The van der Waals surface area contributed by atoms with Crippen LogP contribution in [0.2, 0.25) is 0 Å². The van der Waals surface area contributed by atoms with Gasteiger partial charge in [-0.2, -0.15) is 0 Å². The number of aryl methyl sites for hydroxylation is 1. The minimum Gasteiger partial charge on any atom is -0.358 e. The molecule has 4 nitrogen and oxygen atoms in total. The number of aldehydes is 1. The van der Waals surface area contributed by atoms with Crippen LogP contribution in [0.3, 0.4) is 0 Å². The number of imidazole rings is 1. The van der Waals surface area contributed by atoms with Crippen LogP contribution in [0.1, 0.15) is 31.6 Å². The first-order chi connectivity index (χ1) is 6.64. The van der Waals surface area contributed by atoms with Gasteiger partial charge in [-0.3, -0.25) is 0 Å². The van der Waals surface area contributed by atoms with Crippen molar-refractivity contribution in [3.8, 4) is 0 Å². The Balaban J connectivity index is 2.17. The highest BCUT2D eigenvalue weighted by molar-refractivity contribution is 5.62. The summed E-state index contributed by atoms with van der Waals surface area (Å²) < 4.78 is 7.63. The Morgan fingerprint density at radius 1 is 1.79 bits per heavy atom. The normalized spacial score (nSPS) is 32.0. The fourth-order valence-corrected chi connectivity index (χ4v) is 1.83. The molecule has 2 heterocycles. The zero-order valence-corrected chi connectivity index (χ0v) is 8.43. The molecule has 1 aliphatic heterocycles. The van der Waals surface area contributed by atoms with E-state index in [2.05, 4.69) is 4.98 Å². The van der Waals surface area contributed by atoms with Gasteiger partial charge in [-0.05, 0) is 19.8 Å². The number of carbonyl (C=O) groups is 1. The minimum atomic E-state index is -0.602. The summed E-state index contributed by atoms with van der Waals surface area (Å²) in [7, 11) is 1.93. The van der Waals surface area contributed by atoms with E-state index in [0.29, 0.717) is 0 Å². The Bertz CT molecular complexity index is 348. The summed E-state index contributed by atoms with van der Waals surface area (Å²) in [5.74, 6) is 0. The molecule has 1 aromatic rings. The fraction of sp³-hybridized carbons (Fsp3) is 0.600. The molecule has 2 rings (SSSR count). The maximum Gasteiger partial charge on any atom is 0.151 e. The van der Waals surface area contributed by atoms with Gasteiger partial charge >= 0.3 is 0 Å². The van der Waals surface area contributed by atoms with Gasteiger partial charge in [-0.15, -0.1) is 0 Å². The lowest BCUT2D eigenvalue weighted by Crippen LogP contribution is -2.25. The second kappa shape index (κ2) is 3.20. The Kier molecular flexibility index (Phi) is 2.15. The van der Waals surface area contributed by atoms with Gasteiger partial charge in [-0.1, -0.05) is 0 Å². The van der Waals surface area contributed by atoms with Crippen molar-refractivity contribution in [2.45, 2.75) is 31.5 Å². The molecular weight excluding hydrogens is 180 g/mol. The molecule has 2 atom stereocenters. The van der Waals surface area contributed by atoms with Crippen molar-refractivity contribution in [3.05, 3.63) is 18.2 Å². The molecule has 14 heavy (non-hydrogen) atoms. The fourth-order valence-electron chi connectivity index (χ4n) is 1.83. The Hall–Kier alpha value is -1.16. The summed E-state index contributed by atoms with van der Waals surface area (Å²) in [5, 5.41) is 0. The van der Waals surface area contributed by atoms with Crippen molar-refractivity contribution in [1.29, 1.82) is 0 Å². The molecule has 0 saturated carbocycles. The third-order valence-electron chi connectivity index (χ3n) is 2.75. The average molecular weight is 194 g/mol. The largest absolute Gasteiger partial charge is 0.358 e. The minimum absolute atomic E-state index is 0.0118. The summed E-state index contributed by atoms with van der Waals surface area (Å²) in [5.41, 5.74) is 0.435. The van der Waals surface area contributed by atoms with Crippen LogP contribution in [-0.4, -0.2) is 21.4 Å². The van der Waals surface area contributed by atoms with Gasteiger partial charge in [0.1, 0.15) is 11.7 Å². The Labute approximate surface area is 82.9 Å². The molecule has 0 bridgehead atoms. The lowest BCUT2D eigenvalue weighted by atomic mass is 10.0. The molecule has 0 spiro atoms. The number of ether oxygens (including phenoxy) is 1. The second-order valence-electron chi connectivity index (χ2n) is 4.01. The zero-order chi connectivity index (χ0) is 10.2. The van der Waals surface area contributed by atoms with E-state index in [4.69, 9.17) is 4.74 Å². The van der Waals surface area contributed by atoms with Crippen molar-refractivity contribution in [2.24, 2.45) is 7.05 Å². The van der Waals surface area contributed by atoms with E-state index < -0.39 is 5.60 Å². The number of hydrogen-bond donors (Lipinski definition) is 0. The van der Waals surface area contributed by atoms with E-state index in [9.17, 15) is 4.79 Å². The maximum absolute atomic E-state index is 10.8. The van der Waals surface area contributed by atoms with Crippen LogP contribution in [-0.2, 0) is 16.6 Å². The molecule has 4 heteroatoms. The van der Waals surface area contributed by atoms with Gasteiger partial charge in [0.05, 0.1) is 18.2 Å². The van der Waals surface area contributed by atoms with Gasteiger partial charge in [0.2, 0.25) is 0 Å². The molecule has 0 radical (unpaired) electrons. The van der Waals surface area contributed by atoms with Crippen LogP contribution in [0.15, 0.2) is 12.5 Å². The van der Waals surface area contributed by atoms with Crippen LogP contribution in [0.4, 0.5) is 0 Å². The first kappa shape index (κ1) is 9.40. The molecule has 0 aliphatic carbocycles. The highest BCUT2D eigenvalue weighted by Crippen LogP contribution is 2.37. The van der Waals surface area contributed by atoms with Crippen molar-refractivity contribution in [3.63, 3.8) is 0 Å². The van der Waals surface area contributed by atoms with E-state index in [-0.39, 0.29) is 6.10 Å². The van der Waals surface area contributed by atoms with Crippen LogP contribution < -0.4 is 0 Å². The number of nitrogens with zero attached hydrogens (tertiary/aromatic N) is 2. The highest BCUT2D eigenvalue weighted by atomic mass is 16.5. The van der Waals surface area contributed by atoms with E-state index in [1.54, 1.807) is 12.5 Å². The highest BCUT2D eigenvalue weighted by Gasteiger charge is 2.37. The molecule has 1 aliphatic rings. The number of carbonyl (C=O) groups excluding carboxylic acids is 1. The first-order valence-corrected chi connectivity index (χ1v) is 4.75. The summed E-state index contributed by atoms with van der Waals surface area (Å²) >= 11 is 0. The predicted molar refractivity (Wildman–Crippen MR) is 50.7 cm³/mol. The third-order valence-corrected chi connectivity index (χ3v) is 2.75. The van der Waals surface area contributed by atoms with E-state index >= 15 is 0 Å². The van der Waals surface area contributed by atoms with Gasteiger partial charge in [0.15, 0.2) is 6.29 Å². The van der Waals surface area contributed by atoms with Crippen LogP contribution in [0, 0.1) is 0 Å². The average Bonchev–Trinajstić information content (AvgIpc) is 2.73. The molecular formula is C10H14N2O2. The van der Waals surface area contributed by atoms with Gasteiger partial charge in [0.25, 0.3) is 0 Å². The van der Waals surface area contributed by atoms with Crippen molar-refractivity contribution < 1.29 is 9.53 Å². The number of rotatable bonds is 2. The molecule has 76 valence electrons. The predicted octanol–water partition coefficient (Wildman–Crippen LogP) is 1.23. The standard InChI is InChI=1S/C10H14N2O2/c1-10(6-13)4-3-9(14-10)8-5-11-7-12(8)2/h5-7,9H,3-4H2,1-2H3. The maximum atomic E-state index is 10.8. The Morgan fingerprint density at radius 3 is 3.07 bits per heavy atom. The van der Waals surface area contributed by atoms with Gasteiger partial charge < -0.3 is 14.1 Å². The van der Waals surface area contributed by atoms with Crippen LogP contribution in [0.25, 0.3) is 0 Å². The topological polar surface area (TPSA) is 44.1 Å². The third kappa shape index (κ3) is 1.46. The van der Waals surface area contributed by atoms with Crippen molar-refractivity contribution >= 4 is 6.29 Å². The Morgan fingerprint density at radius 2 is 2.57 bits per heavy atom. The molecule has 0 aromatic carbocycles. The summed E-state index contributed by atoms with van der Waals surface area (Å²) in [4.78, 5) is 14.8. The molecule has 1 saturated heterocycles. The van der Waals surface area contributed by atoms with Crippen molar-refractivity contribution in [2.75, 3.05) is 0 Å². The number of hydrogen-bond acceptors (Lipinski definition) is 3. The van der Waals surface area contributed by atoms with E-state index in [1.165, 1.54) is 0 Å². The quantitative estimate of drug-likeness (QED) is 0.665. The van der Waals surface area contributed by atoms with Crippen LogP contribution in [0.5, 0.6) is 0 Å². The molecule has 0 N–H and O–H groups in total. The smallest absolute Gasteiger partial charge is 0.151 e. The lowest BCUT2D eigenvalue weighted by molar-refractivity contribution is -0.128. The summed E-state index contributed by atoms with van der Waals surface area (Å²) in [6, 6.07) is 0. The van der Waals surface area contributed by atoms with Gasteiger partial charge in [-0.25, -0.2) is 4.98 Å². The summed E-state index contributed by atoms with van der Waals surface area (Å²) in [6.07, 6.45) is 6.11. The van der Waals surface area contributed by atoms with E-state index in [0.717, 1.165) is 24.8 Å². The van der Waals surface area contributed by atoms with E-state index in [1.807, 2.05) is 18.5 Å². The zero-order valence-electron chi connectivity index (χ0n) is 8.43. The van der Waals surface area contributed by atoms with Gasteiger partial charge in [0, 0.05) is 7.05 Å². The monoisotopic (exact) mass is 194 g/mol. The van der Waals surface area contributed by atoms with Crippen molar-refractivity contribution in [1.82, 2.24) is 9.55 Å². The second-order valence-corrected chi connectivity index (χ2v) is 4.01. The lowest BCUT2D eigenvalue weighted by Gasteiger charge is -2.17. The van der Waals surface area contributed by atoms with Crippen LogP contribution >= 0.6 is 0 Å². The molecule has 1 aromatic heterocycles. The molecule has 2 unspecified atom stereocenters. The molecule has 1 fully saturated rings.